The van der Waals surface area contributed by atoms with Gasteiger partial charge in [-0.2, -0.15) is 17.6 Å². The largest absolute Gasteiger partial charge is 0.461 e. The third-order valence-corrected chi connectivity index (χ3v) is 3.64. The van der Waals surface area contributed by atoms with E-state index in [-0.39, 0.29) is 11.3 Å². The number of para-hydroxylation sites is 1. The van der Waals surface area contributed by atoms with E-state index < -0.39 is 30.0 Å². The van der Waals surface area contributed by atoms with Crippen LogP contribution in [0.5, 0.6) is 5.75 Å². The minimum Gasteiger partial charge on any atom is -0.428 e. The maximum Gasteiger partial charge on any atom is 0.461 e. The van der Waals surface area contributed by atoms with Crippen molar-refractivity contribution >= 4 is 28.3 Å². The molecule has 0 aliphatic carbocycles. The van der Waals surface area contributed by atoms with Gasteiger partial charge in [0.25, 0.3) is 11.7 Å². The molecule has 0 atom stereocenters. The molecule has 2 N–H and O–H groups in total. The fourth-order valence-electron chi connectivity index (χ4n) is 2.41. The number of aromatic nitrogens is 1. The van der Waals surface area contributed by atoms with Crippen molar-refractivity contribution in [3.63, 3.8) is 0 Å². The Bertz CT molecular complexity index is 1000. The highest BCUT2D eigenvalue weighted by Gasteiger charge is 2.44. The number of amides is 1. The number of fused-ring (bicyclic) bond motifs is 1. The number of aromatic amines is 1. The molecule has 1 heterocycles. The fraction of sp³-hybridized carbons (Fsp3) is 0.111. The highest BCUT2D eigenvalue weighted by Crippen LogP contribution is 2.29. The lowest BCUT2D eigenvalue weighted by atomic mass is 10.1. The Morgan fingerprint density at radius 3 is 2.56 bits per heavy atom. The number of ketones is 1. The van der Waals surface area contributed by atoms with E-state index >= 15 is 0 Å². The second-order valence-corrected chi connectivity index (χ2v) is 5.52. The van der Waals surface area contributed by atoms with Crippen LogP contribution in [0.2, 0.25) is 0 Å². The Balaban J connectivity index is 1.76. The molecule has 1 aromatic heterocycles. The molecule has 0 fully saturated rings. The SMILES string of the molecule is O=C(Nc1cccc(OC(F)(F)C(F)F)c1)C(=O)c1c[nH]c2ccccc12. The van der Waals surface area contributed by atoms with E-state index in [9.17, 15) is 27.2 Å². The molecule has 5 nitrogen and oxygen atoms in total. The number of rotatable bonds is 6. The zero-order chi connectivity index (χ0) is 19.6. The van der Waals surface area contributed by atoms with E-state index in [1.165, 1.54) is 18.3 Å². The first-order valence-electron chi connectivity index (χ1n) is 7.65. The van der Waals surface area contributed by atoms with Crippen LogP contribution >= 0.6 is 0 Å². The maximum absolute atomic E-state index is 13.0. The van der Waals surface area contributed by atoms with Gasteiger partial charge in [-0.15, -0.1) is 0 Å². The molecule has 9 heteroatoms. The molecule has 0 saturated heterocycles. The number of carbonyl (C=O) groups excluding carboxylic acids is 2. The summed E-state index contributed by atoms with van der Waals surface area (Å²) >= 11 is 0. The number of benzene rings is 2. The number of hydrogen-bond acceptors (Lipinski definition) is 3. The summed E-state index contributed by atoms with van der Waals surface area (Å²) in [6.45, 7) is 0. The summed E-state index contributed by atoms with van der Waals surface area (Å²) in [4.78, 5) is 27.4. The van der Waals surface area contributed by atoms with Crippen molar-refractivity contribution in [1.82, 2.24) is 4.98 Å². The molecule has 2 aromatic carbocycles. The predicted octanol–water partition coefficient (Wildman–Crippen LogP) is 4.23. The van der Waals surface area contributed by atoms with E-state index in [1.807, 2.05) is 0 Å². The lowest BCUT2D eigenvalue weighted by molar-refractivity contribution is -0.253. The van der Waals surface area contributed by atoms with Gasteiger partial charge in [-0.25, -0.2) is 0 Å². The van der Waals surface area contributed by atoms with Crippen LogP contribution in [0, 0.1) is 0 Å². The maximum atomic E-state index is 13.0. The number of Topliss-reactive ketones (excluding diaryl/α,β-unsaturated/α-hetero) is 1. The lowest BCUT2D eigenvalue weighted by Crippen LogP contribution is -2.33. The van der Waals surface area contributed by atoms with Gasteiger partial charge in [0, 0.05) is 28.9 Å². The molecule has 0 spiro atoms. The first kappa shape index (κ1) is 18.4. The summed E-state index contributed by atoms with van der Waals surface area (Å²) in [5.74, 6) is -2.45. The van der Waals surface area contributed by atoms with Crippen molar-refractivity contribution in [2.45, 2.75) is 12.5 Å². The van der Waals surface area contributed by atoms with Crippen molar-refractivity contribution in [1.29, 1.82) is 0 Å². The van der Waals surface area contributed by atoms with Crippen LogP contribution in [0.4, 0.5) is 23.2 Å². The molecular weight excluding hydrogens is 368 g/mol. The zero-order valence-corrected chi connectivity index (χ0v) is 13.5. The smallest absolute Gasteiger partial charge is 0.428 e. The quantitative estimate of drug-likeness (QED) is 0.382. The van der Waals surface area contributed by atoms with Crippen LogP contribution in [0.1, 0.15) is 10.4 Å². The number of hydrogen-bond donors (Lipinski definition) is 2. The molecular formula is C18H12F4N2O3. The van der Waals surface area contributed by atoms with Crippen LogP contribution in [-0.2, 0) is 4.79 Å². The molecule has 1 amide bonds. The van der Waals surface area contributed by atoms with E-state index in [1.54, 1.807) is 24.3 Å². The molecule has 0 radical (unpaired) electrons. The number of anilines is 1. The van der Waals surface area contributed by atoms with Crippen molar-refractivity contribution in [2.24, 2.45) is 0 Å². The average molecular weight is 380 g/mol. The van der Waals surface area contributed by atoms with Gasteiger partial charge in [-0.1, -0.05) is 24.3 Å². The van der Waals surface area contributed by atoms with Gasteiger partial charge in [0.05, 0.1) is 5.56 Å². The highest BCUT2D eigenvalue weighted by molar-refractivity contribution is 6.48. The Kier molecular flexibility index (Phi) is 4.85. The van der Waals surface area contributed by atoms with Crippen LogP contribution in [0.3, 0.4) is 0 Å². The molecule has 3 aromatic rings. The zero-order valence-electron chi connectivity index (χ0n) is 13.5. The predicted molar refractivity (Wildman–Crippen MR) is 89.3 cm³/mol. The fourth-order valence-corrected chi connectivity index (χ4v) is 2.41. The van der Waals surface area contributed by atoms with Crippen molar-refractivity contribution in [3.8, 4) is 5.75 Å². The number of ether oxygens (including phenoxy) is 1. The second-order valence-electron chi connectivity index (χ2n) is 5.52. The van der Waals surface area contributed by atoms with E-state index in [0.29, 0.717) is 10.9 Å². The second kappa shape index (κ2) is 7.10. The van der Waals surface area contributed by atoms with Crippen LogP contribution < -0.4 is 10.1 Å². The number of halogens is 4. The van der Waals surface area contributed by atoms with Gasteiger partial charge in [0.1, 0.15) is 5.75 Å². The Hall–Kier alpha value is -3.36. The normalized spacial score (nSPS) is 11.6. The average Bonchev–Trinajstić information content (AvgIpc) is 3.05. The Labute approximate surface area is 149 Å². The standard InChI is InChI=1S/C18H12F4N2O3/c19-17(20)18(21,22)27-11-5-3-4-10(8-11)24-16(26)15(25)13-9-23-14-7-2-1-6-12(13)14/h1-9,17,23H,(H,24,26). The van der Waals surface area contributed by atoms with Crippen molar-refractivity contribution < 1.29 is 31.9 Å². The Morgan fingerprint density at radius 1 is 1.07 bits per heavy atom. The third kappa shape index (κ3) is 3.91. The van der Waals surface area contributed by atoms with Crippen molar-refractivity contribution in [3.05, 3.63) is 60.3 Å². The van der Waals surface area contributed by atoms with Gasteiger partial charge >= 0.3 is 12.5 Å². The molecule has 3 rings (SSSR count). The number of carbonyl (C=O) groups is 2. The highest BCUT2D eigenvalue weighted by atomic mass is 19.3. The minimum atomic E-state index is -4.68. The number of nitrogens with one attached hydrogen (secondary N) is 2. The van der Waals surface area contributed by atoms with E-state index in [2.05, 4.69) is 15.0 Å². The molecule has 0 aliphatic heterocycles. The van der Waals surface area contributed by atoms with Gasteiger partial charge in [0.15, 0.2) is 0 Å². The van der Waals surface area contributed by atoms with Gasteiger partial charge < -0.3 is 15.0 Å². The monoisotopic (exact) mass is 380 g/mol. The third-order valence-electron chi connectivity index (χ3n) is 3.64. The van der Waals surface area contributed by atoms with Gasteiger partial charge in [-0.3, -0.25) is 9.59 Å². The van der Waals surface area contributed by atoms with Crippen LogP contribution in [-0.4, -0.2) is 29.2 Å². The molecule has 0 bridgehead atoms. The minimum absolute atomic E-state index is 0.0595. The summed E-state index contributed by atoms with van der Waals surface area (Å²) in [7, 11) is 0. The molecule has 27 heavy (non-hydrogen) atoms. The molecule has 0 saturated carbocycles. The summed E-state index contributed by atoms with van der Waals surface area (Å²) in [5, 5.41) is 2.78. The van der Waals surface area contributed by atoms with Gasteiger partial charge in [0.2, 0.25) is 0 Å². The topological polar surface area (TPSA) is 71.2 Å². The van der Waals surface area contributed by atoms with E-state index in [0.717, 1.165) is 12.1 Å². The van der Waals surface area contributed by atoms with Crippen LogP contribution in [0.15, 0.2) is 54.7 Å². The van der Waals surface area contributed by atoms with Crippen LogP contribution in [0.25, 0.3) is 10.9 Å². The molecule has 0 unspecified atom stereocenters. The summed E-state index contributed by atoms with van der Waals surface area (Å²) in [6, 6.07) is 11.3. The first-order valence-corrected chi connectivity index (χ1v) is 7.65. The van der Waals surface area contributed by atoms with Crippen molar-refractivity contribution in [2.75, 3.05) is 5.32 Å². The summed E-state index contributed by atoms with van der Waals surface area (Å²) in [5.41, 5.74) is 0.744. The molecule has 0 aliphatic rings. The lowest BCUT2D eigenvalue weighted by Gasteiger charge is -2.17. The summed E-state index contributed by atoms with van der Waals surface area (Å²) in [6.07, 6.45) is -7.31. The first-order chi connectivity index (χ1) is 12.8. The number of alkyl halides is 4. The van der Waals surface area contributed by atoms with Gasteiger partial charge in [-0.05, 0) is 18.2 Å². The van der Waals surface area contributed by atoms with E-state index in [4.69, 9.17) is 0 Å². The number of H-pyrrole nitrogens is 1. The summed E-state index contributed by atoms with van der Waals surface area (Å²) < 4.78 is 54.3. The molecule has 140 valence electrons. The Morgan fingerprint density at radius 2 is 1.81 bits per heavy atom.